The van der Waals surface area contributed by atoms with Crippen molar-refractivity contribution < 1.29 is 14.3 Å². The van der Waals surface area contributed by atoms with Crippen LogP contribution in [0.4, 0.5) is 5.69 Å². The molecule has 0 saturated carbocycles. The number of benzene rings is 2. The number of carbonyl (C=O) groups is 2. The Morgan fingerprint density at radius 2 is 1.96 bits per heavy atom. The number of anilines is 1. The number of carbonyl (C=O) groups excluding carboxylic acids is 2. The summed E-state index contributed by atoms with van der Waals surface area (Å²) in [5.74, 6) is -0.239. The summed E-state index contributed by atoms with van der Waals surface area (Å²) >= 11 is 0. The molecule has 1 aliphatic rings. The highest BCUT2D eigenvalue weighted by Gasteiger charge is 2.29. The topological polar surface area (TPSA) is 58.6 Å². The summed E-state index contributed by atoms with van der Waals surface area (Å²) in [6.45, 7) is 1.61. The Bertz CT molecular complexity index is 761. The van der Waals surface area contributed by atoms with Crippen molar-refractivity contribution in [1.82, 2.24) is 4.90 Å². The van der Waals surface area contributed by atoms with Gasteiger partial charge in [0.2, 0.25) is 5.91 Å². The Hall–Kier alpha value is -2.66. The van der Waals surface area contributed by atoms with Gasteiger partial charge in [-0.3, -0.25) is 9.59 Å². The van der Waals surface area contributed by atoms with Gasteiger partial charge in [-0.25, -0.2) is 0 Å². The van der Waals surface area contributed by atoms with Gasteiger partial charge in [-0.15, -0.1) is 0 Å². The number of ether oxygens (including phenoxy) is 1. The van der Waals surface area contributed by atoms with Crippen LogP contribution in [0, 0.1) is 5.92 Å². The molecule has 0 radical (unpaired) electrons. The molecule has 1 unspecified atom stereocenters. The normalized spacial score (nSPS) is 17.0. The number of amides is 2. The van der Waals surface area contributed by atoms with Crippen molar-refractivity contribution in [3.63, 3.8) is 0 Å². The molecular weight excluding hydrogens is 328 g/mol. The molecule has 1 fully saturated rings. The van der Waals surface area contributed by atoms with Crippen molar-refractivity contribution in [1.29, 1.82) is 0 Å². The second-order valence-corrected chi connectivity index (χ2v) is 6.58. The van der Waals surface area contributed by atoms with Crippen LogP contribution in [0.15, 0.2) is 54.6 Å². The van der Waals surface area contributed by atoms with Gasteiger partial charge in [0.05, 0.1) is 12.5 Å². The largest absolute Gasteiger partial charge is 0.380 e. The van der Waals surface area contributed by atoms with Crippen LogP contribution in [0.5, 0.6) is 0 Å². The molecule has 1 aliphatic heterocycles. The maximum Gasteiger partial charge on any atom is 0.253 e. The number of nitrogens with one attached hydrogen (secondary N) is 1. The lowest BCUT2D eigenvalue weighted by Crippen LogP contribution is -2.43. The van der Waals surface area contributed by atoms with Gasteiger partial charge in [-0.1, -0.05) is 30.3 Å². The third-order valence-electron chi connectivity index (χ3n) is 4.61. The molecule has 2 amide bonds. The van der Waals surface area contributed by atoms with E-state index < -0.39 is 0 Å². The van der Waals surface area contributed by atoms with E-state index in [1.165, 1.54) is 0 Å². The number of hydrogen-bond acceptors (Lipinski definition) is 3. The smallest absolute Gasteiger partial charge is 0.253 e. The lowest BCUT2D eigenvalue weighted by Gasteiger charge is -2.32. The van der Waals surface area contributed by atoms with Crippen LogP contribution in [-0.2, 0) is 16.1 Å². The molecule has 2 aromatic carbocycles. The second kappa shape index (κ2) is 8.63. The fourth-order valence-corrected chi connectivity index (χ4v) is 3.28. The molecule has 5 nitrogen and oxygen atoms in total. The SMILES string of the molecule is COCc1cccc(C(=O)N2CCCC(C(=O)Nc3ccccc3)C2)c1. The zero-order valence-corrected chi connectivity index (χ0v) is 15.0. The lowest BCUT2D eigenvalue weighted by molar-refractivity contribution is -0.121. The van der Waals surface area contributed by atoms with Gasteiger partial charge < -0.3 is 15.0 Å². The van der Waals surface area contributed by atoms with Gasteiger partial charge >= 0.3 is 0 Å². The standard InChI is InChI=1S/C21H24N2O3/c1-26-15-16-7-5-8-17(13-16)21(25)23-12-6-9-18(14-23)20(24)22-19-10-3-2-4-11-19/h2-5,7-8,10-11,13,18H,6,9,12,14-15H2,1H3,(H,22,24). The third-order valence-corrected chi connectivity index (χ3v) is 4.61. The van der Waals surface area contributed by atoms with Crippen molar-refractivity contribution in [2.45, 2.75) is 19.4 Å². The van der Waals surface area contributed by atoms with Gasteiger partial charge in [-0.05, 0) is 42.7 Å². The number of likely N-dealkylation sites (tertiary alicyclic amines) is 1. The fraction of sp³-hybridized carbons (Fsp3) is 0.333. The zero-order chi connectivity index (χ0) is 18.4. The summed E-state index contributed by atoms with van der Waals surface area (Å²) in [6.07, 6.45) is 1.63. The molecule has 1 N–H and O–H groups in total. The Morgan fingerprint density at radius 1 is 1.15 bits per heavy atom. The van der Waals surface area contributed by atoms with Crippen LogP contribution in [-0.4, -0.2) is 36.9 Å². The minimum absolute atomic E-state index is 0.0261. The molecule has 1 atom stereocenters. The van der Waals surface area contributed by atoms with Crippen LogP contribution in [0.1, 0.15) is 28.8 Å². The molecule has 0 bridgehead atoms. The van der Waals surface area contributed by atoms with Gasteiger partial charge in [-0.2, -0.15) is 0 Å². The van der Waals surface area contributed by atoms with Crippen LogP contribution in [0.3, 0.4) is 0 Å². The Kier molecular flexibility index (Phi) is 6.02. The van der Waals surface area contributed by atoms with Crippen molar-refractivity contribution in [2.75, 3.05) is 25.5 Å². The Balaban J connectivity index is 1.65. The molecule has 1 heterocycles. The quantitative estimate of drug-likeness (QED) is 0.898. The molecule has 1 saturated heterocycles. The summed E-state index contributed by atoms with van der Waals surface area (Å²) in [5, 5.41) is 2.94. The van der Waals surface area contributed by atoms with E-state index >= 15 is 0 Å². The van der Waals surface area contributed by atoms with E-state index in [2.05, 4.69) is 5.32 Å². The number of nitrogens with zero attached hydrogens (tertiary/aromatic N) is 1. The molecule has 5 heteroatoms. The lowest BCUT2D eigenvalue weighted by atomic mass is 9.96. The number of hydrogen-bond donors (Lipinski definition) is 1. The number of piperidine rings is 1. The summed E-state index contributed by atoms with van der Waals surface area (Å²) < 4.78 is 5.14. The maximum atomic E-state index is 12.8. The molecule has 136 valence electrons. The molecule has 0 aromatic heterocycles. The first-order valence-corrected chi connectivity index (χ1v) is 8.90. The van der Waals surface area contributed by atoms with Crippen LogP contribution in [0.25, 0.3) is 0 Å². The molecular formula is C21H24N2O3. The van der Waals surface area contributed by atoms with Crippen molar-refractivity contribution in [3.05, 3.63) is 65.7 Å². The molecule has 0 spiro atoms. The Morgan fingerprint density at radius 3 is 2.73 bits per heavy atom. The van der Waals surface area contributed by atoms with E-state index in [0.29, 0.717) is 25.3 Å². The highest BCUT2D eigenvalue weighted by atomic mass is 16.5. The van der Waals surface area contributed by atoms with E-state index in [9.17, 15) is 9.59 Å². The summed E-state index contributed by atoms with van der Waals surface area (Å²) in [6, 6.07) is 16.9. The number of para-hydroxylation sites is 1. The van der Waals surface area contributed by atoms with Crippen LogP contribution >= 0.6 is 0 Å². The van der Waals surface area contributed by atoms with E-state index in [1.54, 1.807) is 12.0 Å². The highest BCUT2D eigenvalue weighted by Crippen LogP contribution is 2.21. The van der Waals surface area contributed by atoms with Gasteiger partial charge in [0.1, 0.15) is 0 Å². The molecule has 0 aliphatic carbocycles. The minimum atomic E-state index is -0.185. The summed E-state index contributed by atoms with van der Waals surface area (Å²) in [4.78, 5) is 27.2. The average Bonchev–Trinajstić information content (AvgIpc) is 2.69. The van der Waals surface area contributed by atoms with Crippen molar-refractivity contribution >= 4 is 17.5 Å². The summed E-state index contributed by atoms with van der Waals surface area (Å²) in [5.41, 5.74) is 2.39. The number of methoxy groups -OCH3 is 1. The Labute approximate surface area is 154 Å². The maximum absolute atomic E-state index is 12.8. The minimum Gasteiger partial charge on any atom is -0.380 e. The van der Waals surface area contributed by atoms with Gasteiger partial charge in [0.25, 0.3) is 5.91 Å². The van der Waals surface area contributed by atoms with E-state index in [1.807, 2.05) is 54.6 Å². The molecule has 26 heavy (non-hydrogen) atoms. The number of rotatable bonds is 5. The zero-order valence-electron chi connectivity index (χ0n) is 15.0. The third kappa shape index (κ3) is 4.49. The first-order chi connectivity index (χ1) is 12.7. The molecule has 3 rings (SSSR count). The van der Waals surface area contributed by atoms with Crippen LogP contribution < -0.4 is 5.32 Å². The van der Waals surface area contributed by atoms with Crippen molar-refractivity contribution in [2.24, 2.45) is 5.92 Å². The van der Waals surface area contributed by atoms with Crippen LogP contribution in [0.2, 0.25) is 0 Å². The predicted molar refractivity (Wildman–Crippen MR) is 101 cm³/mol. The van der Waals surface area contributed by atoms with E-state index in [4.69, 9.17) is 4.74 Å². The fourth-order valence-electron chi connectivity index (χ4n) is 3.28. The highest BCUT2D eigenvalue weighted by molar-refractivity contribution is 5.96. The molecule has 2 aromatic rings. The second-order valence-electron chi connectivity index (χ2n) is 6.58. The van der Waals surface area contributed by atoms with Gasteiger partial charge in [0, 0.05) is 31.5 Å². The van der Waals surface area contributed by atoms with Crippen molar-refractivity contribution in [3.8, 4) is 0 Å². The van der Waals surface area contributed by atoms with Gasteiger partial charge in [0.15, 0.2) is 0 Å². The predicted octanol–water partition coefficient (Wildman–Crippen LogP) is 3.32. The van der Waals surface area contributed by atoms with E-state index in [-0.39, 0.29) is 17.7 Å². The summed E-state index contributed by atoms with van der Waals surface area (Å²) in [7, 11) is 1.63. The monoisotopic (exact) mass is 352 g/mol. The first kappa shape index (κ1) is 18.1. The average molecular weight is 352 g/mol. The first-order valence-electron chi connectivity index (χ1n) is 8.90. The van der Waals surface area contributed by atoms with E-state index in [0.717, 1.165) is 24.1 Å².